The van der Waals surface area contributed by atoms with Gasteiger partial charge in [-0.1, -0.05) is 13.8 Å². The fourth-order valence-electron chi connectivity index (χ4n) is 2.34. The van der Waals surface area contributed by atoms with Crippen molar-refractivity contribution in [3.05, 3.63) is 0 Å². The van der Waals surface area contributed by atoms with Crippen molar-refractivity contribution in [2.24, 2.45) is 11.3 Å². The minimum Gasteiger partial charge on any atom is -0.355 e. The van der Waals surface area contributed by atoms with Crippen LogP contribution in [-0.4, -0.2) is 25.0 Å². The molecule has 1 saturated carbocycles. The van der Waals surface area contributed by atoms with Crippen LogP contribution >= 0.6 is 0 Å². The van der Waals surface area contributed by atoms with Crippen LogP contribution in [0, 0.1) is 11.3 Å². The molecule has 1 aliphatic heterocycles. The Kier molecular flexibility index (Phi) is 3.01. The van der Waals surface area contributed by atoms with E-state index in [1.54, 1.807) is 0 Å². The average Bonchev–Trinajstić information content (AvgIpc) is 2.82. The van der Waals surface area contributed by atoms with Gasteiger partial charge in [-0.05, 0) is 43.6 Å². The van der Waals surface area contributed by atoms with Gasteiger partial charge in [-0.2, -0.15) is 0 Å². The summed E-state index contributed by atoms with van der Waals surface area (Å²) in [6.45, 7) is 6.45. The van der Waals surface area contributed by atoms with Crippen LogP contribution in [-0.2, 0) is 4.79 Å². The van der Waals surface area contributed by atoms with E-state index >= 15 is 0 Å². The van der Waals surface area contributed by atoms with Gasteiger partial charge in [-0.3, -0.25) is 4.79 Å². The smallest absolute Gasteiger partial charge is 0.237 e. The normalized spacial score (nSPS) is 34.4. The Bertz CT molecular complexity index is 250. The number of hydrogen-bond acceptors (Lipinski definition) is 2. The highest BCUT2D eigenvalue weighted by Crippen LogP contribution is 2.51. The molecule has 2 unspecified atom stereocenters. The molecule has 2 fully saturated rings. The predicted octanol–water partition coefficient (Wildman–Crippen LogP) is 1.29. The molecule has 0 aromatic rings. The van der Waals surface area contributed by atoms with Gasteiger partial charge in [0.25, 0.3) is 0 Å². The molecular weight excluding hydrogens is 188 g/mol. The van der Waals surface area contributed by atoms with Gasteiger partial charge in [-0.15, -0.1) is 0 Å². The summed E-state index contributed by atoms with van der Waals surface area (Å²) in [6, 6.07) is 0.0592. The van der Waals surface area contributed by atoms with Crippen molar-refractivity contribution >= 4 is 5.91 Å². The third kappa shape index (κ3) is 2.71. The second kappa shape index (κ2) is 4.12. The topological polar surface area (TPSA) is 41.1 Å². The Morgan fingerprint density at radius 1 is 1.47 bits per heavy atom. The van der Waals surface area contributed by atoms with Gasteiger partial charge < -0.3 is 10.6 Å². The second-order valence-corrected chi connectivity index (χ2v) is 5.64. The lowest BCUT2D eigenvalue weighted by molar-refractivity contribution is -0.122. The molecule has 3 nitrogen and oxygen atoms in total. The number of hydrogen-bond donors (Lipinski definition) is 2. The summed E-state index contributed by atoms with van der Waals surface area (Å²) in [5, 5.41) is 6.37. The van der Waals surface area contributed by atoms with Crippen LogP contribution in [0.1, 0.15) is 39.5 Å². The van der Waals surface area contributed by atoms with Crippen molar-refractivity contribution in [2.45, 2.75) is 45.6 Å². The Morgan fingerprint density at radius 3 is 2.87 bits per heavy atom. The largest absolute Gasteiger partial charge is 0.355 e. The molecular formula is C12H22N2O. The van der Waals surface area contributed by atoms with Crippen LogP contribution in [0.2, 0.25) is 0 Å². The van der Waals surface area contributed by atoms with Gasteiger partial charge >= 0.3 is 0 Å². The molecule has 15 heavy (non-hydrogen) atoms. The SMILES string of the molecule is CC1(C)CC1CNC1CCCCNC1=O. The minimum atomic E-state index is 0.0592. The molecule has 2 rings (SSSR count). The summed E-state index contributed by atoms with van der Waals surface area (Å²) in [7, 11) is 0. The van der Waals surface area contributed by atoms with Crippen molar-refractivity contribution in [1.29, 1.82) is 0 Å². The molecule has 1 amide bonds. The quantitative estimate of drug-likeness (QED) is 0.737. The molecule has 86 valence electrons. The lowest BCUT2D eigenvalue weighted by atomic mass is 10.1. The number of carbonyl (C=O) groups is 1. The second-order valence-electron chi connectivity index (χ2n) is 5.64. The van der Waals surface area contributed by atoms with Crippen molar-refractivity contribution in [3.8, 4) is 0 Å². The van der Waals surface area contributed by atoms with Crippen LogP contribution in [0.3, 0.4) is 0 Å². The Labute approximate surface area is 92.0 Å². The lowest BCUT2D eigenvalue weighted by Gasteiger charge is -2.15. The van der Waals surface area contributed by atoms with Crippen LogP contribution in [0.4, 0.5) is 0 Å². The zero-order valence-electron chi connectivity index (χ0n) is 9.81. The monoisotopic (exact) mass is 210 g/mol. The molecule has 1 heterocycles. The van der Waals surface area contributed by atoms with Crippen LogP contribution in [0.15, 0.2) is 0 Å². The average molecular weight is 210 g/mol. The number of nitrogens with one attached hydrogen (secondary N) is 2. The first kappa shape index (κ1) is 10.9. The number of carbonyl (C=O) groups excluding carboxylic acids is 1. The molecule has 1 saturated heterocycles. The maximum atomic E-state index is 11.6. The summed E-state index contributed by atoms with van der Waals surface area (Å²) < 4.78 is 0. The van der Waals surface area contributed by atoms with E-state index in [0.717, 1.165) is 38.3 Å². The zero-order valence-corrected chi connectivity index (χ0v) is 9.81. The molecule has 2 aliphatic rings. The van der Waals surface area contributed by atoms with Gasteiger partial charge in [-0.25, -0.2) is 0 Å². The maximum Gasteiger partial charge on any atom is 0.237 e. The highest BCUT2D eigenvalue weighted by Gasteiger charge is 2.45. The van der Waals surface area contributed by atoms with Gasteiger partial charge in [0.05, 0.1) is 6.04 Å². The van der Waals surface area contributed by atoms with E-state index in [4.69, 9.17) is 0 Å². The highest BCUT2D eigenvalue weighted by molar-refractivity contribution is 5.81. The van der Waals surface area contributed by atoms with Crippen molar-refractivity contribution in [1.82, 2.24) is 10.6 Å². The van der Waals surface area contributed by atoms with Gasteiger partial charge in [0, 0.05) is 6.54 Å². The molecule has 0 spiro atoms. The van der Waals surface area contributed by atoms with E-state index < -0.39 is 0 Å². The van der Waals surface area contributed by atoms with Gasteiger partial charge in [0.1, 0.15) is 0 Å². The van der Waals surface area contributed by atoms with Crippen molar-refractivity contribution in [3.63, 3.8) is 0 Å². The summed E-state index contributed by atoms with van der Waals surface area (Å²) in [5.41, 5.74) is 0.508. The van der Waals surface area contributed by atoms with Crippen molar-refractivity contribution in [2.75, 3.05) is 13.1 Å². The summed E-state index contributed by atoms with van der Waals surface area (Å²) in [6.07, 6.45) is 4.58. The summed E-state index contributed by atoms with van der Waals surface area (Å²) in [5.74, 6) is 0.972. The standard InChI is InChI=1S/C12H22N2O/c1-12(2)7-9(12)8-14-10-5-3-4-6-13-11(10)15/h9-10,14H,3-8H2,1-2H3,(H,13,15). The van der Waals surface area contributed by atoms with Crippen LogP contribution in [0.25, 0.3) is 0 Å². The van der Waals surface area contributed by atoms with E-state index in [0.29, 0.717) is 5.41 Å². The molecule has 2 atom stereocenters. The first-order valence-electron chi connectivity index (χ1n) is 6.11. The molecule has 1 aliphatic carbocycles. The predicted molar refractivity (Wildman–Crippen MR) is 60.5 cm³/mol. The van der Waals surface area contributed by atoms with E-state index in [2.05, 4.69) is 24.5 Å². The lowest BCUT2D eigenvalue weighted by Crippen LogP contribution is -2.43. The maximum absolute atomic E-state index is 11.6. The van der Waals surface area contributed by atoms with E-state index in [1.807, 2.05) is 0 Å². The third-order valence-electron chi connectivity index (χ3n) is 3.86. The van der Waals surface area contributed by atoms with Gasteiger partial charge in [0.2, 0.25) is 5.91 Å². The van der Waals surface area contributed by atoms with E-state index in [9.17, 15) is 4.79 Å². The number of amides is 1. The first-order chi connectivity index (χ1) is 7.09. The van der Waals surface area contributed by atoms with Crippen LogP contribution < -0.4 is 10.6 Å². The Morgan fingerprint density at radius 2 is 2.20 bits per heavy atom. The first-order valence-corrected chi connectivity index (χ1v) is 6.11. The highest BCUT2D eigenvalue weighted by atomic mass is 16.2. The molecule has 3 heteroatoms. The van der Waals surface area contributed by atoms with Gasteiger partial charge in [0.15, 0.2) is 0 Å². The minimum absolute atomic E-state index is 0.0592. The fourth-order valence-corrected chi connectivity index (χ4v) is 2.34. The summed E-state index contributed by atoms with van der Waals surface area (Å²) >= 11 is 0. The van der Waals surface area contributed by atoms with E-state index in [1.165, 1.54) is 6.42 Å². The zero-order chi connectivity index (χ0) is 10.9. The molecule has 0 aromatic heterocycles. The third-order valence-corrected chi connectivity index (χ3v) is 3.86. The van der Waals surface area contributed by atoms with Crippen molar-refractivity contribution < 1.29 is 4.79 Å². The Hall–Kier alpha value is -0.570. The molecule has 0 aromatic carbocycles. The Balaban J connectivity index is 1.75. The molecule has 0 radical (unpaired) electrons. The van der Waals surface area contributed by atoms with E-state index in [-0.39, 0.29) is 11.9 Å². The number of rotatable bonds is 3. The van der Waals surface area contributed by atoms with Crippen LogP contribution in [0.5, 0.6) is 0 Å². The fraction of sp³-hybridized carbons (Fsp3) is 0.917. The summed E-state index contributed by atoms with van der Waals surface area (Å²) in [4.78, 5) is 11.6. The molecule has 2 N–H and O–H groups in total. The molecule has 0 bridgehead atoms.